The molecule has 0 aliphatic carbocycles. The lowest BCUT2D eigenvalue weighted by molar-refractivity contribution is 0.749. The summed E-state index contributed by atoms with van der Waals surface area (Å²) < 4.78 is 1.16. The highest BCUT2D eigenvalue weighted by molar-refractivity contribution is 9.10. The molecule has 0 amide bonds. The first-order chi connectivity index (χ1) is 8.59. The average molecular weight is 369 g/mol. The molecule has 18 heavy (non-hydrogen) atoms. The number of hydrogen-bond donors (Lipinski definition) is 0. The number of nitrogens with zero attached hydrogens (tertiary/aromatic N) is 1. The maximum Gasteiger partial charge on any atom is 0.0461 e. The Labute approximate surface area is 125 Å². The Balaban J connectivity index is 2.25. The minimum absolute atomic E-state index is 0.312. The Morgan fingerprint density at radius 3 is 2.33 bits per heavy atom. The van der Waals surface area contributed by atoms with Crippen molar-refractivity contribution < 1.29 is 0 Å². The number of pyridine rings is 1. The van der Waals surface area contributed by atoms with Crippen LogP contribution in [0.2, 0.25) is 0 Å². The summed E-state index contributed by atoms with van der Waals surface area (Å²) in [6.45, 7) is 4.34. The molecular formula is C15H15Br2N. The molecule has 0 bridgehead atoms. The molecule has 0 spiro atoms. The van der Waals surface area contributed by atoms with Gasteiger partial charge in [0, 0.05) is 21.7 Å². The van der Waals surface area contributed by atoms with Gasteiger partial charge in [0.05, 0.1) is 0 Å². The van der Waals surface area contributed by atoms with Crippen LogP contribution in [0.4, 0.5) is 0 Å². The van der Waals surface area contributed by atoms with Crippen molar-refractivity contribution in [2.24, 2.45) is 0 Å². The van der Waals surface area contributed by atoms with Gasteiger partial charge in [0.25, 0.3) is 0 Å². The Morgan fingerprint density at radius 2 is 1.72 bits per heavy atom. The van der Waals surface area contributed by atoms with E-state index in [0.29, 0.717) is 10.7 Å². The molecule has 0 radical (unpaired) electrons. The van der Waals surface area contributed by atoms with Crippen molar-refractivity contribution in [1.29, 1.82) is 0 Å². The van der Waals surface area contributed by atoms with Gasteiger partial charge in [-0.15, -0.1) is 0 Å². The fourth-order valence-corrected chi connectivity index (χ4v) is 2.80. The second kappa shape index (κ2) is 5.98. The van der Waals surface area contributed by atoms with Gasteiger partial charge >= 0.3 is 0 Å². The molecule has 2 atom stereocenters. The molecule has 3 heteroatoms. The van der Waals surface area contributed by atoms with Gasteiger partial charge in [-0.3, -0.25) is 4.98 Å². The minimum Gasteiger partial charge on any atom is -0.265 e. The van der Waals surface area contributed by atoms with Crippen molar-refractivity contribution in [3.05, 3.63) is 63.9 Å². The first-order valence-corrected chi connectivity index (χ1v) is 7.60. The van der Waals surface area contributed by atoms with Gasteiger partial charge in [-0.25, -0.2) is 0 Å². The van der Waals surface area contributed by atoms with Gasteiger partial charge in [0.15, 0.2) is 0 Å². The van der Waals surface area contributed by atoms with Crippen molar-refractivity contribution in [3.8, 4) is 0 Å². The van der Waals surface area contributed by atoms with Crippen molar-refractivity contribution in [1.82, 2.24) is 4.98 Å². The number of benzene rings is 1. The maximum atomic E-state index is 4.06. The van der Waals surface area contributed by atoms with Crippen LogP contribution >= 0.6 is 31.9 Å². The van der Waals surface area contributed by atoms with Crippen LogP contribution in [-0.2, 0) is 0 Å². The van der Waals surface area contributed by atoms with Crippen LogP contribution in [0.3, 0.4) is 0 Å². The molecule has 2 unspecified atom stereocenters. The quantitative estimate of drug-likeness (QED) is 0.661. The lowest BCUT2D eigenvalue weighted by atomic mass is 9.94. The van der Waals surface area contributed by atoms with Crippen LogP contribution in [0.5, 0.6) is 0 Å². The number of hydrogen-bond acceptors (Lipinski definition) is 1. The van der Waals surface area contributed by atoms with E-state index in [-0.39, 0.29) is 0 Å². The molecule has 0 aliphatic heterocycles. The molecule has 0 saturated carbocycles. The highest BCUT2D eigenvalue weighted by Gasteiger charge is 2.18. The molecular weight excluding hydrogens is 354 g/mol. The highest BCUT2D eigenvalue weighted by atomic mass is 79.9. The second-order valence-corrected chi connectivity index (χ2v) is 6.32. The molecule has 94 valence electrons. The predicted molar refractivity (Wildman–Crippen MR) is 83.2 cm³/mol. The largest absolute Gasteiger partial charge is 0.265 e. The van der Waals surface area contributed by atoms with Crippen molar-refractivity contribution in [2.45, 2.75) is 24.6 Å². The predicted octanol–water partition coefficient (Wildman–Crippen LogP) is 5.39. The third-order valence-electron chi connectivity index (χ3n) is 3.17. The molecule has 2 aromatic rings. The number of alkyl halides is 1. The average Bonchev–Trinajstić information content (AvgIpc) is 2.41. The third kappa shape index (κ3) is 3.01. The van der Waals surface area contributed by atoms with Crippen molar-refractivity contribution in [3.63, 3.8) is 0 Å². The van der Waals surface area contributed by atoms with Crippen molar-refractivity contribution in [2.75, 3.05) is 0 Å². The fourth-order valence-electron chi connectivity index (χ4n) is 1.96. The summed E-state index contributed by atoms with van der Waals surface area (Å²) >= 11 is 7.35. The normalized spacial score (nSPS) is 14.2. The summed E-state index contributed by atoms with van der Waals surface area (Å²) in [6.07, 6.45) is 3.69. The summed E-state index contributed by atoms with van der Waals surface area (Å²) in [4.78, 5) is 4.38. The van der Waals surface area contributed by atoms with E-state index in [0.717, 1.165) is 4.47 Å². The van der Waals surface area contributed by atoms with Gasteiger partial charge in [0.1, 0.15) is 0 Å². The zero-order valence-electron chi connectivity index (χ0n) is 10.4. The zero-order valence-corrected chi connectivity index (χ0v) is 13.6. The Bertz CT molecular complexity index is 525. The summed E-state index contributed by atoms with van der Waals surface area (Å²) in [6, 6.07) is 10.6. The molecule has 1 heterocycles. The molecule has 0 aliphatic rings. The lowest BCUT2D eigenvalue weighted by Gasteiger charge is -2.19. The summed E-state index contributed by atoms with van der Waals surface area (Å²) in [5.41, 5.74) is 3.87. The van der Waals surface area contributed by atoms with Gasteiger partial charge in [-0.1, -0.05) is 50.9 Å². The maximum absolute atomic E-state index is 4.06. The molecule has 0 fully saturated rings. The molecule has 1 aromatic carbocycles. The zero-order chi connectivity index (χ0) is 13.1. The van der Waals surface area contributed by atoms with E-state index in [1.165, 1.54) is 16.7 Å². The van der Waals surface area contributed by atoms with Crippen LogP contribution in [0.1, 0.15) is 34.4 Å². The minimum atomic E-state index is 0.312. The summed E-state index contributed by atoms with van der Waals surface area (Å²) in [5.74, 6) is 0.411. The first-order valence-electron chi connectivity index (χ1n) is 5.89. The first kappa shape index (κ1) is 13.8. The van der Waals surface area contributed by atoms with Crippen LogP contribution < -0.4 is 0 Å². The second-order valence-electron chi connectivity index (χ2n) is 4.48. The molecule has 0 saturated heterocycles. The number of aryl methyl sites for hydroxylation is 1. The number of aromatic nitrogens is 1. The van der Waals surface area contributed by atoms with Crippen LogP contribution in [0.25, 0.3) is 0 Å². The Hall–Kier alpha value is -0.670. The van der Waals surface area contributed by atoms with E-state index in [9.17, 15) is 0 Å². The Kier molecular flexibility index (Phi) is 4.57. The summed E-state index contributed by atoms with van der Waals surface area (Å²) in [5, 5.41) is 0. The molecule has 1 aromatic heterocycles. The number of halogens is 2. The lowest BCUT2D eigenvalue weighted by Crippen LogP contribution is -2.02. The van der Waals surface area contributed by atoms with Crippen LogP contribution in [0.15, 0.2) is 47.2 Å². The summed E-state index contributed by atoms with van der Waals surface area (Å²) in [7, 11) is 0. The van der Waals surface area contributed by atoms with E-state index < -0.39 is 0 Å². The van der Waals surface area contributed by atoms with Crippen LogP contribution in [0, 0.1) is 6.92 Å². The van der Waals surface area contributed by atoms with E-state index >= 15 is 0 Å². The molecule has 0 N–H and O–H groups in total. The van der Waals surface area contributed by atoms with Gasteiger partial charge in [-0.2, -0.15) is 0 Å². The SMILES string of the molecule is Cc1cc(C(Br)C(C)c2ccncc2)ccc1Br. The highest BCUT2D eigenvalue weighted by Crippen LogP contribution is 2.38. The monoisotopic (exact) mass is 367 g/mol. The Morgan fingerprint density at radius 1 is 1.06 bits per heavy atom. The van der Waals surface area contributed by atoms with Gasteiger partial charge in [-0.05, 0) is 47.7 Å². The number of rotatable bonds is 3. The van der Waals surface area contributed by atoms with Gasteiger partial charge < -0.3 is 0 Å². The molecule has 2 rings (SSSR count). The van der Waals surface area contributed by atoms with Crippen molar-refractivity contribution >= 4 is 31.9 Å². The molecule has 1 nitrogen and oxygen atoms in total. The van der Waals surface area contributed by atoms with Crippen LogP contribution in [-0.4, -0.2) is 4.98 Å². The van der Waals surface area contributed by atoms with Gasteiger partial charge in [0.2, 0.25) is 0 Å². The standard InChI is InChI=1S/C15H15Br2N/c1-10-9-13(3-4-14(10)16)15(17)11(2)12-5-7-18-8-6-12/h3-9,11,15H,1-2H3. The third-order valence-corrected chi connectivity index (χ3v) is 5.38. The van der Waals surface area contributed by atoms with E-state index in [1.54, 1.807) is 0 Å². The van der Waals surface area contributed by atoms with E-state index in [4.69, 9.17) is 0 Å². The fraction of sp³-hybridized carbons (Fsp3) is 0.267. The van der Waals surface area contributed by atoms with E-state index in [1.807, 2.05) is 12.4 Å². The van der Waals surface area contributed by atoms with E-state index in [2.05, 4.69) is 81.0 Å². The smallest absolute Gasteiger partial charge is 0.0461 e. The topological polar surface area (TPSA) is 12.9 Å².